The maximum Gasteiger partial charge on any atom is 0.292 e. The molecule has 1 aliphatic heterocycles. The maximum atomic E-state index is 11.2. The van der Waals surface area contributed by atoms with Gasteiger partial charge in [0.1, 0.15) is 5.69 Å². The Balaban J connectivity index is 2.22. The Labute approximate surface area is 125 Å². The molecule has 1 aliphatic rings. The number of ether oxygens (including phenoxy) is 1. The van der Waals surface area contributed by atoms with E-state index in [9.17, 15) is 10.1 Å². The zero-order chi connectivity index (χ0) is 15.4. The van der Waals surface area contributed by atoms with E-state index < -0.39 is 0 Å². The lowest BCUT2D eigenvalue weighted by atomic mass is 10.1. The molecule has 1 fully saturated rings. The predicted molar refractivity (Wildman–Crippen MR) is 82.5 cm³/mol. The van der Waals surface area contributed by atoms with Crippen LogP contribution in [0, 0.1) is 10.1 Å². The van der Waals surface area contributed by atoms with Crippen molar-refractivity contribution in [1.82, 2.24) is 4.90 Å². The molecule has 0 amide bonds. The topological polar surface area (TPSA) is 67.6 Å². The van der Waals surface area contributed by atoms with Crippen LogP contribution < -0.4 is 5.32 Å². The molecular formula is C15H23N3O3. The molecule has 116 valence electrons. The molecule has 0 aromatic heterocycles. The molecule has 6 heteroatoms. The molecule has 6 nitrogen and oxygen atoms in total. The van der Waals surface area contributed by atoms with Gasteiger partial charge in [-0.25, -0.2) is 0 Å². The lowest BCUT2D eigenvalue weighted by Gasteiger charge is -2.27. The minimum atomic E-state index is -0.331. The number of nitrogens with one attached hydrogen (secondary N) is 1. The first kappa shape index (κ1) is 15.7. The van der Waals surface area contributed by atoms with Crippen molar-refractivity contribution in [3.05, 3.63) is 33.9 Å². The number of likely N-dealkylation sites (N-methyl/N-ethyl adjacent to an activating group) is 1. The van der Waals surface area contributed by atoms with Gasteiger partial charge in [-0.15, -0.1) is 0 Å². The Bertz CT molecular complexity index is 507. The van der Waals surface area contributed by atoms with Crippen molar-refractivity contribution in [3.8, 4) is 0 Å². The highest BCUT2D eigenvalue weighted by atomic mass is 16.6. The van der Waals surface area contributed by atoms with Crippen LogP contribution in [0.2, 0.25) is 0 Å². The van der Waals surface area contributed by atoms with Crippen molar-refractivity contribution in [3.63, 3.8) is 0 Å². The van der Waals surface area contributed by atoms with Gasteiger partial charge in [-0.05, 0) is 32.9 Å². The van der Waals surface area contributed by atoms with Gasteiger partial charge in [0.15, 0.2) is 0 Å². The van der Waals surface area contributed by atoms with E-state index in [1.807, 2.05) is 20.0 Å². The average Bonchev–Trinajstić information content (AvgIpc) is 2.87. The zero-order valence-corrected chi connectivity index (χ0v) is 12.8. The van der Waals surface area contributed by atoms with E-state index in [1.165, 1.54) is 0 Å². The smallest absolute Gasteiger partial charge is 0.292 e. The Morgan fingerprint density at radius 1 is 1.52 bits per heavy atom. The molecule has 0 spiro atoms. The van der Waals surface area contributed by atoms with Crippen LogP contribution >= 0.6 is 0 Å². The van der Waals surface area contributed by atoms with Gasteiger partial charge in [0.2, 0.25) is 0 Å². The molecule has 0 bridgehead atoms. The summed E-state index contributed by atoms with van der Waals surface area (Å²) < 4.78 is 5.60. The Morgan fingerprint density at radius 3 is 2.86 bits per heavy atom. The van der Waals surface area contributed by atoms with Crippen LogP contribution in [-0.4, -0.2) is 42.2 Å². The van der Waals surface area contributed by atoms with E-state index in [2.05, 4.69) is 17.1 Å². The van der Waals surface area contributed by atoms with Crippen molar-refractivity contribution in [1.29, 1.82) is 0 Å². The van der Waals surface area contributed by atoms with Gasteiger partial charge in [-0.2, -0.15) is 0 Å². The van der Waals surface area contributed by atoms with E-state index in [-0.39, 0.29) is 16.7 Å². The molecule has 0 radical (unpaired) electrons. The van der Waals surface area contributed by atoms with Crippen molar-refractivity contribution < 1.29 is 9.66 Å². The standard InChI is InChI=1S/C15H23N3O3/c1-4-16-15-12(6-5-7-14(15)18(19)20)10-17(3)13-8-9-21-11(13)2/h5-7,11,13,16H,4,8-10H2,1-3H3. The molecule has 2 atom stereocenters. The summed E-state index contributed by atoms with van der Waals surface area (Å²) >= 11 is 0. The quantitative estimate of drug-likeness (QED) is 0.645. The predicted octanol–water partition coefficient (Wildman–Crippen LogP) is 2.64. The molecule has 21 heavy (non-hydrogen) atoms. The van der Waals surface area contributed by atoms with Gasteiger partial charge in [0.05, 0.1) is 11.0 Å². The third-order valence-corrected chi connectivity index (χ3v) is 4.00. The summed E-state index contributed by atoms with van der Waals surface area (Å²) in [5.41, 5.74) is 1.72. The van der Waals surface area contributed by atoms with Crippen LogP contribution in [0.3, 0.4) is 0 Å². The number of hydrogen-bond acceptors (Lipinski definition) is 5. The second-order valence-electron chi connectivity index (χ2n) is 5.45. The molecule has 1 saturated heterocycles. The number of para-hydroxylation sites is 1. The van der Waals surface area contributed by atoms with E-state index in [4.69, 9.17) is 4.74 Å². The summed E-state index contributed by atoms with van der Waals surface area (Å²) in [6, 6.07) is 5.60. The monoisotopic (exact) mass is 293 g/mol. The van der Waals surface area contributed by atoms with E-state index in [0.29, 0.717) is 24.8 Å². The Morgan fingerprint density at radius 2 is 2.29 bits per heavy atom. The van der Waals surface area contributed by atoms with E-state index >= 15 is 0 Å². The second kappa shape index (κ2) is 6.87. The van der Waals surface area contributed by atoms with Crippen molar-refractivity contribution in [2.75, 3.05) is 25.5 Å². The van der Waals surface area contributed by atoms with Crippen LogP contribution in [0.4, 0.5) is 11.4 Å². The fourth-order valence-electron chi connectivity index (χ4n) is 2.94. The van der Waals surface area contributed by atoms with Crippen molar-refractivity contribution in [2.24, 2.45) is 0 Å². The molecule has 1 aromatic carbocycles. The zero-order valence-electron chi connectivity index (χ0n) is 12.8. The fourth-order valence-corrected chi connectivity index (χ4v) is 2.94. The SMILES string of the molecule is CCNc1c(CN(C)C2CCOC2C)cccc1[N+](=O)[O-]. The van der Waals surface area contributed by atoms with Gasteiger partial charge in [-0.3, -0.25) is 15.0 Å². The van der Waals surface area contributed by atoms with Crippen molar-refractivity contribution >= 4 is 11.4 Å². The first-order valence-corrected chi connectivity index (χ1v) is 7.36. The molecular weight excluding hydrogens is 270 g/mol. The molecule has 1 N–H and O–H groups in total. The van der Waals surface area contributed by atoms with Crippen molar-refractivity contribution in [2.45, 2.75) is 39.0 Å². The summed E-state index contributed by atoms with van der Waals surface area (Å²) in [6.45, 7) is 6.13. The maximum absolute atomic E-state index is 11.2. The van der Waals surface area contributed by atoms with Crippen LogP contribution in [0.25, 0.3) is 0 Å². The Hall–Kier alpha value is -1.66. The van der Waals surface area contributed by atoms with Gasteiger partial charge in [0.25, 0.3) is 5.69 Å². The van der Waals surface area contributed by atoms with Gasteiger partial charge in [0, 0.05) is 31.8 Å². The number of nitro groups is 1. The summed E-state index contributed by atoms with van der Waals surface area (Å²) in [6.07, 6.45) is 1.21. The number of hydrogen-bond donors (Lipinski definition) is 1. The summed E-state index contributed by atoms with van der Waals surface area (Å²) in [5.74, 6) is 0. The third-order valence-electron chi connectivity index (χ3n) is 4.00. The summed E-state index contributed by atoms with van der Waals surface area (Å²) in [7, 11) is 2.05. The fraction of sp³-hybridized carbons (Fsp3) is 0.600. The molecule has 0 saturated carbocycles. The highest BCUT2D eigenvalue weighted by molar-refractivity contribution is 5.66. The lowest BCUT2D eigenvalue weighted by molar-refractivity contribution is -0.384. The first-order chi connectivity index (χ1) is 10.0. The second-order valence-corrected chi connectivity index (χ2v) is 5.45. The average molecular weight is 293 g/mol. The molecule has 2 rings (SSSR count). The normalized spacial score (nSPS) is 21.7. The van der Waals surface area contributed by atoms with Gasteiger partial charge >= 0.3 is 0 Å². The Kier molecular flexibility index (Phi) is 5.14. The third kappa shape index (κ3) is 3.51. The minimum Gasteiger partial charge on any atom is -0.380 e. The van der Waals surface area contributed by atoms with Crippen LogP contribution in [-0.2, 0) is 11.3 Å². The number of nitro benzene ring substituents is 1. The molecule has 1 heterocycles. The van der Waals surface area contributed by atoms with Crippen LogP contribution in [0.1, 0.15) is 25.8 Å². The summed E-state index contributed by atoms with van der Waals surface area (Å²) in [5, 5.41) is 14.3. The van der Waals surface area contributed by atoms with E-state index in [1.54, 1.807) is 12.1 Å². The van der Waals surface area contributed by atoms with Crippen LogP contribution in [0.15, 0.2) is 18.2 Å². The minimum absolute atomic E-state index is 0.137. The molecule has 1 aromatic rings. The highest BCUT2D eigenvalue weighted by Gasteiger charge is 2.28. The molecule has 0 aliphatic carbocycles. The highest BCUT2D eigenvalue weighted by Crippen LogP contribution is 2.30. The largest absolute Gasteiger partial charge is 0.380 e. The molecule has 2 unspecified atom stereocenters. The van der Waals surface area contributed by atoms with Gasteiger partial charge < -0.3 is 10.1 Å². The lowest BCUT2D eigenvalue weighted by Crippen LogP contribution is -2.36. The number of anilines is 1. The van der Waals surface area contributed by atoms with Gasteiger partial charge in [-0.1, -0.05) is 12.1 Å². The number of rotatable bonds is 6. The van der Waals surface area contributed by atoms with E-state index in [0.717, 1.165) is 18.6 Å². The first-order valence-electron chi connectivity index (χ1n) is 7.36. The number of benzene rings is 1. The van der Waals surface area contributed by atoms with Crippen LogP contribution in [0.5, 0.6) is 0 Å². The summed E-state index contributed by atoms with van der Waals surface area (Å²) in [4.78, 5) is 13.1. The number of nitrogens with zero attached hydrogens (tertiary/aromatic N) is 2.